The van der Waals surface area contributed by atoms with Gasteiger partial charge in [-0.2, -0.15) is 9.78 Å². The van der Waals surface area contributed by atoms with Crippen molar-refractivity contribution in [3.63, 3.8) is 0 Å². The van der Waals surface area contributed by atoms with Crippen LogP contribution < -0.4 is 5.32 Å². The van der Waals surface area contributed by atoms with Crippen LogP contribution in [-0.4, -0.2) is 43.0 Å². The summed E-state index contributed by atoms with van der Waals surface area (Å²) in [5.41, 5.74) is 2.62. The summed E-state index contributed by atoms with van der Waals surface area (Å²) in [7, 11) is 0. The van der Waals surface area contributed by atoms with E-state index in [-0.39, 0.29) is 30.2 Å². The first kappa shape index (κ1) is 20.5. The minimum absolute atomic E-state index is 0.116. The van der Waals surface area contributed by atoms with Crippen LogP contribution in [0, 0.1) is 0 Å². The summed E-state index contributed by atoms with van der Waals surface area (Å²) in [5.74, 6) is 0.475. The van der Waals surface area contributed by atoms with Crippen LogP contribution in [0.25, 0.3) is 11.6 Å². The molecule has 1 aliphatic rings. The fourth-order valence-electron chi connectivity index (χ4n) is 3.38. The first-order valence-electron chi connectivity index (χ1n) is 10.0. The second-order valence-electron chi connectivity index (χ2n) is 8.37. The fourth-order valence-corrected chi connectivity index (χ4v) is 3.38. The Morgan fingerprint density at radius 1 is 1.10 bits per heavy atom. The van der Waals surface area contributed by atoms with Crippen molar-refractivity contribution in [1.82, 2.24) is 24.6 Å². The van der Waals surface area contributed by atoms with Gasteiger partial charge in [0.25, 0.3) is 11.9 Å². The maximum absolute atomic E-state index is 12.7. The summed E-state index contributed by atoms with van der Waals surface area (Å²) in [6.45, 7) is 10.4. The van der Waals surface area contributed by atoms with Gasteiger partial charge in [-0.3, -0.25) is 9.59 Å². The van der Waals surface area contributed by atoms with Gasteiger partial charge in [-0.15, -0.1) is 0 Å². The number of rotatable bonds is 5. The molecular weight excluding hydrogens is 392 g/mol. The van der Waals surface area contributed by atoms with E-state index in [0.717, 1.165) is 11.3 Å². The van der Waals surface area contributed by atoms with Gasteiger partial charge in [0.2, 0.25) is 5.91 Å². The van der Waals surface area contributed by atoms with Crippen molar-refractivity contribution >= 4 is 23.3 Å². The molecule has 0 bridgehead atoms. The number of amides is 2. The summed E-state index contributed by atoms with van der Waals surface area (Å²) in [5, 5.41) is 7.48. The van der Waals surface area contributed by atoms with Crippen LogP contribution in [0.15, 0.2) is 55.4 Å². The number of fused-ring (bicyclic) bond motifs is 1. The molecule has 3 heterocycles. The summed E-state index contributed by atoms with van der Waals surface area (Å²) in [4.78, 5) is 35.4. The number of anilines is 1. The number of carbonyl (C=O) groups is 2. The van der Waals surface area contributed by atoms with Gasteiger partial charge in [0.1, 0.15) is 5.82 Å². The third-order valence-corrected chi connectivity index (χ3v) is 5.09. The molecule has 1 aromatic carbocycles. The van der Waals surface area contributed by atoms with Crippen molar-refractivity contribution in [2.45, 2.75) is 32.6 Å². The third-order valence-electron chi connectivity index (χ3n) is 5.09. The van der Waals surface area contributed by atoms with Crippen LogP contribution in [0.1, 0.15) is 48.8 Å². The summed E-state index contributed by atoms with van der Waals surface area (Å²) >= 11 is 0. The molecular formula is C23H24N6O2. The molecule has 4 rings (SSSR count). The molecule has 0 unspecified atom stereocenters. The molecule has 8 heteroatoms. The van der Waals surface area contributed by atoms with E-state index in [1.54, 1.807) is 29.4 Å². The number of nitrogens with one attached hydrogen (secondary N) is 1. The Balaban J connectivity index is 1.50. The molecule has 0 atom stereocenters. The van der Waals surface area contributed by atoms with Crippen LogP contribution in [-0.2, 0) is 10.2 Å². The normalized spacial score (nSPS) is 13.5. The lowest BCUT2D eigenvalue weighted by molar-refractivity contribution is -0.116. The Bertz CT molecular complexity index is 1130. The molecule has 158 valence electrons. The van der Waals surface area contributed by atoms with Gasteiger partial charge in [0.05, 0.1) is 5.69 Å². The number of aromatic nitrogens is 4. The molecule has 2 aromatic heterocycles. The van der Waals surface area contributed by atoms with Gasteiger partial charge < -0.3 is 10.2 Å². The summed E-state index contributed by atoms with van der Waals surface area (Å²) in [6, 6.07) is 10.9. The molecule has 1 aliphatic heterocycles. The molecule has 0 aliphatic carbocycles. The zero-order valence-corrected chi connectivity index (χ0v) is 17.8. The molecule has 31 heavy (non-hydrogen) atoms. The number of hydrogen-bond donors (Lipinski definition) is 1. The Kier molecular flexibility index (Phi) is 5.14. The second-order valence-corrected chi connectivity index (χ2v) is 8.37. The van der Waals surface area contributed by atoms with Crippen molar-refractivity contribution in [1.29, 1.82) is 0 Å². The van der Waals surface area contributed by atoms with E-state index in [0.29, 0.717) is 23.0 Å². The first-order valence-corrected chi connectivity index (χ1v) is 10.0. The fraction of sp³-hybridized carbons (Fsp3) is 0.261. The largest absolute Gasteiger partial charge is 0.310 e. The van der Waals surface area contributed by atoms with Crippen LogP contribution in [0.2, 0.25) is 0 Å². The topological polar surface area (TPSA) is 93.0 Å². The Labute approximate surface area is 180 Å². The van der Waals surface area contributed by atoms with E-state index in [9.17, 15) is 9.59 Å². The zero-order chi connectivity index (χ0) is 22.2. The third kappa shape index (κ3) is 3.96. The van der Waals surface area contributed by atoms with E-state index >= 15 is 0 Å². The predicted molar refractivity (Wildman–Crippen MR) is 118 cm³/mol. The summed E-state index contributed by atoms with van der Waals surface area (Å²) < 4.78 is 1.52. The quantitative estimate of drug-likeness (QED) is 0.688. The monoisotopic (exact) mass is 416 g/mol. The van der Waals surface area contributed by atoms with E-state index in [1.807, 2.05) is 45.0 Å². The lowest BCUT2D eigenvalue weighted by Gasteiger charge is -2.17. The number of nitrogens with zero attached hydrogens (tertiary/aromatic N) is 5. The first-order chi connectivity index (χ1) is 14.8. The number of hydrogen-bond acceptors (Lipinski definition) is 5. The molecule has 0 saturated heterocycles. The Morgan fingerprint density at radius 3 is 2.42 bits per heavy atom. The van der Waals surface area contributed by atoms with Gasteiger partial charge in [-0.05, 0) is 12.1 Å². The molecule has 0 spiro atoms. The highest BCUT2D eigenvalue weighted by molar-refractivity contribution is 6.09. The zero-order valence-electron chi connectivity index (χ0n) is 17.8. The van der Waals surface area contributed by atoms with Gasteiger partial charge in [-0.25, -0.2) is 9.97 Å². The Morgan fingerprint density at radius 2 is 1.77 bits per heavy atom. The SMILES string of the molecule is C=C1c2ccccc2C(=O)N1CCC(=O)Nc1cc(C(C)(C)C)nn1-c1ncccn1. The minimum atomic E-state index is -0.242. The van der Waals surface area contributed by atoms with Gasteiger partial charge >= 0.3 is 0 Å². The maximum Gasteiger partial charge on any atom is 0.258 e. The average molecular weight is 416 g/mol. The Hall–Kier alpha value is -3.81. The molecule has 0 radical (unpaired) electrons. The maximum atomic E-state index is 12.7. The highest BCUT2D eigenvalue weighted by Crippen LogP contribution is 2.31. The van der Waals surface area contributed by atoms with Crippen LogP contribution >= 0.6 is 0 Å². The van der Waals surface area contributed by atoms with Gasteiger partial charge in [-0.1, -0.05) is 45.5 Å². The van der Waals surface area contributed by atoms with Crippen molar-refractivity contribution in [3.8, 4) is 5.95 Å². The highest BCUT2D eigenvalue weighted by Gasteiger charge is 2.30. The van der Waals surface area contributed by atoms with Crippen molar-refractivity contribution < 1.29 is 9.59 Å². The van der Waals surface area contributed by atoms with Crippen LogP contribution in [0.4, 0.5) is 5.82 Å². The molecule has 1 N–H and O–H groups in total. The van der Waals surface area contributed by atoms with E-state index in [2.05, 4.69) is 27.0 Å². The number of carbonyl (C=O) groups excluding carboxylic acids is 2. The van der Waals surface area contributed by atoms with Gasteiger partial charge in [0.15, 0.2) is 0 Å². The van der Waals surface area contributed by atoms with Crippen molar-refractivity contribution in [3.05, 3.63) is 72.2 Å². The molecule has 0 fully saturated rings. The van der Waals surface area contributed by atoms with Gasteiger partial charge in [0, 0.05) is 53.7 Å². The van der Waals surface area contributed by atoms with Crippen LogP contribution in [0.5, 0.6) is 0 Å². The predicted octanol–water partition coefficient (Wildman–Crippen LogP) is 3.42. The van der Waals surface area contributed by atoms with Crippen molar-refractivity contribution in [2.24, 2.45) is 0 Å². The van der Waals surface area contributed by atoms with E-state index < -0.39 is 0 Å². The molecule has 8 nitrogen and oxygen atoms in total. The minimum Gasteiger partial charge on any atom is -0.310 e. The van der Waals surface area contributed by atoms with E-state index in [1.165, 1.54) is 4.68 Å². The standard InChI is InChI=1S/C23H24N6O2/c1-15-16-8-5-6-9-17(16)21(31)28(15)13-10-20(30)26-19-14-18(23(2,3)4)27-29(19)22-24-11-7-12-25-22/h5-9,11-12,14H,1,10,13H2,2-4H3,(H,26,30). The second kappa shape index (κ2) is 7.79. The smallest absolute Gasteiger partial charge is 0.258 e. The van der Waals surface area contributed by atoms with E-state index in [4.69, 9.17) is 0 Å². The molecule has 3 aromatic rings. The summed E-state index contributed by atoms with van der Waals surface area (Å²) in [6.07, 6.45) is 3.35. The molecule has 0 saturated carbocycles. The molecule has 2 amide bonds. The van der Waals surface area contributed by atoms with Crippen molar-refractivity contribution in [2.75, 3.05) is 11.9 Å². The highest BCUT2D eigenvalue weighted by atomic mass is 16.2. The lowest BCUT2D eigenvalue weighted by Crippen LogP contribution is -2.27. The number of benzene rings is 1. The van der Waals surface area contributed by atoms with Crippen LogP contribution in [0.3, 0.4) is 0 Å². The lowest BCUT2D eigenvalue weighted by atomic mass is 9.92. The average Bonchev–Trinajstić information content (AvgIpc) is 3.27.